The topological polar surface area (TPSA) is 90.9 Å². The largest absolute Gasteiger partial charge is 0.493 e. The Bertz CT molecular complexity index is 920. The fourth-order valence-electron chi connectivity index (χ4n) is 2.21. The number of sulfonamides is 1. The van der Waals surface area contributed by atoms with E-state index in [0.29, 0.717) is 23.8 Å². The minimum absolute atomic E-state index is 0.0476. The lowest BCUT2D eigenvalue weighted by Gasteiger charge is -2.11. The third-order valence-corrected chi connectivity index (χ3v) is 4.91. The van der Waals surface area contributed by atoms with Gasteiger partial charge in [0.2, 0.25) is 0 Å². The van der Waals surface area contributed by atoms with Crippen LogP contribution in [0.5, 0.6) is 11.5 Å². The Morgan fingerprint density at radius 1 is 1.04 bits per heavy atom. The van der Waals surface area contributed by atoms with Gasteiger partial charge < -0.3 is 14.2 Å². The normalized spacial score (nSPS) is 11.2. The fraction of sp³-hybridized carbons (Fsp3) is 0.211. The quantitative estimate of drug-likeness (QED) is 0.549. The van der Waals surface area contributed by atoms with Crippen molar-refractivity contribution in [2.24, 2.45) is 0 Å². The molecule has 2 rings (SSSR count). The molecule has 0 spiro atoms. The van der Waals surface area contributed by atoms with Crippen molar-refractivity contribution in [3.63, 3.8) is 0 Å². The Morgan fingerprint density at radius 2 is 1.70 bits per heavy atom. The molecule has 144 valence electrons. The third kappa shape index (κ3) is 5.49. The highest BCUT2D eigenvalue weighted by molar-refractivity contribution is 7.92. The van der Waals surface area contributed by atoms with Crippen molar-refractivity contribution >= 4 is 27.8 Å². The van der Waals surface area contributed by atoms with Crippen LogP contribution >= 0.6 is 0 Å². The van der Waals surface area contributed by atoms with Gasteiger partial charge in [0.25, 0.3) is 10.0 Å². The van der Waals surface area contributed by atoms with Crippen LogP contribution in [-0.2, 0) is 19.6 Å². The first kappa shape index (κ1) is 20.3. The Balaban J connectivity index is 2.15. The van der Waals surface area contributed by atoms with Gasteiger partial charge in [-0.1, -0.05) is 12.1 Å². The first-order valence-electron chi connectivity index (χ1n) is 8.09. The monoisotopic (exact) mass is 391 g/mol. The van der Waals surface area contributed by atoms with E-state index in [-0.39, 0.29) is 4.90 Å². The number of rotatable bonds is 8. The number of nitrogens with one attached hydrogen (secondary N) is 1. The number of hydrogen-bond donors (Lipinski definition) is 1. The number of carbonyl (C=O) groups excluding carboxylic acids is 1. The summed E-state index contributed by atoms with van der Waals surface area (Å²) in [6.45, 7) is 2.03. The van der Waals surface area contributed by atoms with Crippen LogP contribution in [0.1, 0.15) is 12.5 Å². The summed E-state index contributed by atoms with van der Waals surface area (Å²) in [5.74, 6) is 0.324. The van der Waals surface area contributed by atoms with Crippen LogP contribution in [0.4, 0.5) is 5.69 Å². The van der Waals surface area contributed by atoms with E-state index in [1.807, 2.05) is 0 Å². The molecule has 2 aromatic rings. The second kappa shape index (κ2) is 9.09. The van der Waals surface area contributed by atoms with Gasteiger partial charge in [0.1, 0.15) is 0 Å². The maximum absolute atomic E-state index is 12.6. The zero-order valence-electron chi connectivity index (χ0n) is 15.3. The molecular formula is C19H21NO6S. The minimum atomic E-state index is -3.79. The average Bonchev–Trinajstić information content (AvgIpc) is 2.66. The molecule has 7 nitrogen and oxygen atoms in total. The number of methoxy groups -OCH3 is 2. The predicted octanol–water partition coefficient (Wildman–Crippen LogP) is 3.08. The van der Waals surface area contributed by atoms with Crippen LogP contribution in [0.15, 0.2) is 53.4 Å². The van der Waals surface area contributed by atoms with Gasteiger partial charge in [0.05, 0.1) is 25.7 Å². The second-order valence-electron chi connectivity index (χ2n) is 5.33. The number of esters is 1. The van der Waals surface area contributed by atoms with E-state index in [2.05, 4.69) is 4.72 Å². The van der Waals surface area contributed by atoms with Gasteiger partial charge >= 0.3 is 5.97 Å². The summed E-state index contributed by atoms with van der Waals surface area (Å²) in [6.07, 6.45) is 2.90. The summed E-state index contributed by atoms with van der Waals surface area (Å²) in [7, 11) is -0.885. The number of ether oxygens (including phenoxy) is 3. The third-order valence-electron chi connectivity index (χ3n) is 3.53. The molecule has 0 aliphatic rings. The van der Waals surface area contributed by atoms with Crippen molar-refractivity contribution < 1.29 is 27.4 Å². The summed E-state index contributed by atoms with van der Waals surface area (Å²) < 4.78 is 42.7. The zero-order chi connectivity index (χ0) is 19.9. The van der Waals surface area contributed by atoms with Gasteiger partial charge in [-0.3, -0.25) is 4.72 Å². The molecule has 0 aromatic heterocycles. The zero-order valence-corrected chi connectivity index (χ0v) is 16.1. The number of hydrogen-bond acceptors (Lipinski definition) is 6. The molecule has 8 heteroatoms. The van der Waals surface area contributed by atoms with E-state index in [1.54, 1.807) is 37.3 Å². The highest BCUT2D eigenvalue weighted by Crippen LogP contribution is 2.30. The lowest BCUT2D eigenvalue weighted by Crippen LogP contribution is -2.13. The van der Waals surface area contributed by atoms with Gasteiger partial charge in [-0.25, -0.2) is 13.2 Å². The van der Waals surface area contributed by atoms with Crippen molar-refractivity contribution in [2.75, 3.05) is 25.5 Å². The smallest absolute Gasteiger partial charge is 0.330 e. The second-order valence-corrected chi connectivity index (χ2v) is 7.01. The number of anilines is 1. The fourth-order valence-corrected chi connectivity index (χ4v) is 3.29. The van der Waals surface area contributed by atoms with E-state index in [1.165, 1.54) is 38.5 Å². The van der Waals surface area contributed by atoms with E-state index < -0.39 is 16.0 Å². The maximum Gasteiger partial charge on any atom is 0.330 e. The van der Waals surface area contributed by atoms with Gasteiger partial charge in [-0.15, -0.1) is 0 Å². The van der Waals surface area contributed by atoms with Crippen molar-refractivity contribution in [3.05, 3.63) is 54.1 Å². The Morgan fingerprint density at radius 3 is 2.30 bits per heavy atom. The van der Waals surface area contributed by atoms with Crippen LogP contribution in [0.2, 0.25) is 0 Å². The van der Waals surface area contributed by atoms with Gasteiger partial charge in [0.15, 0.2) is 11.5 Å². The van der Waals surface area contributed by atoms with E-state index in [9.17, 15) is 13.2 Å². The van der Waals surface area contributed by atoms with Gasteiger partial charge in [-0.05, 0) is 42.8 Å². The van der Waals surface area contributed by atoms with E-state index in [0.717, 1.165) is 5.56 Å². The van der Waals surface area contributed by atoms with Crippen LogP contribution in [0.25, 0.3) is 6.08 Å². The van der Waals surface area contributed by atoms with Gasteiger partial charge in [0, 0.05) is 17.8 Å². The highest BCUT2D eigenvalue weighted by atomic mass is 32.2. The minimum Gasteiger partial charge on any atom is -0.493 e. The lowest BCUT2D eigenvalue weighted by molar-refractivity contribution is -0.137. The maximum atomic E-state index is 12.6. The molecular weight excluding hydrogens is 370 g/mol. The van der Waals surface area contributed by atoms with Crippen molar-refractivity contribution in [2.45, 2.75) is 11.8 Å². The number of benzene rings is 2. The predicted molar refractivity (Wildman–Crippen MR) is 102 cm³/mol. The molecule has 0 aliphatic carbocycles. The Labute approximate surface area is 158 Å². The summed E-state index contributed by atoms with van der Waals surface area (Å²) in [6, 6.07) is 10.9. The molecule has 0 aliphatic heterocycles. The summed E-state index contributed by atoms with van der Waals surface area (Å²) in [5.41, 5.74) is 1.12. The molecule has 2 aromatic carbocycles. The summed E-state index contributed by atoms with van der Waals surface area (Å²) in [5, 5.41) is 0. The lowest BCUT2D eigenvalue weighted by atomic mass is 10.2. The van der Waals surface area contributed by atoms with Crippen LogP contribution in [0.3, 0.4) is 0 Å². The van der Waals surface area contributed by atoms with Crippen LogP contribution < -0.4 is 14.2 Å². The summed E-state index contributed by atoms with van der Waals surface area (Å²) in [4.78, 5) is 11.4. The van der Waals surface area contributed by atoms with E-state index >= 15 is 0 Å². The molecule has 0 fully saturated rings. The number of carbonyl (C=O) groups is 1. The van der Waals surface area contributed by atoms with Crippen LogP contribution in [-0.4, -0.2) is 35.2 Å². The van der Waals surface area contributed by atoms with Crippen molar-refractivity contribution in [3.8, 4) is 11.5 Å². The molecule has 0 saturated heterocycles. The molecule has 0 amide bonds. The first-order valence-corrected chi connectivity index (χ1v) is 9.57. The molecule has 27 heavy (non-hydrogen) atoms. The van der Waals surface area contributed by atoms with Crippen molar-refractivity contribution in [1.82, 2.24) is 0 Å². The summed E-state index contributed by atoms with van der Waals surface area (Å²) >= 11 is 0. The van der Waals surface area contributed by atoms with Gasteiger partial charge in [-0.2, -0.15) is 0 Å². The first-order chi connectivity index (χ1) is 12.9. The molecule has 0 atom stereocenters. The molecule has 0 unspecified atom stereocenters. The Kier molecular flexibility index (Phi) is 6.84. The molecule has 1 N–H and O–H groups in total. The highest BCUT2D eigenvalue weighted by Gasteiger charge is 2.17. The standard InChI is InChI=1S/C19H21NO6S/c1-4-26-19(21)12-7-14-5-8-15(9-6-14)20-27(22,23)16-10-11-17(24-2)18(13-16)25-3/h5-13,20H,4H2,1-3H3/b12-7+. The van der Waals surface area contributed by atoms with Crippen molar-refractivity contribution in [1.29, 1.82) is 0 Å². The average molecular weight is 391 g/mol. The van der Waals surface area contributed by atoms with E-state index in [4.69, 9.17) is 14.2 Å². The molecule has 0 bridgehead atoms. The molecule has 0 heterocycles. The molecule has 0 saturated carbocycles. The SMILES string of the molecule is CCOC(=O)/C=C/c1ccc(NS(=O)(=O)c2ccc(OC)c(OC)c2)cc1. The van der Waals surface area contributed by atoms with Crippen LogP contribution in [0, 0.1) is 0 Å². The molecule has 0 radical (unpaired) electrons. The Hall–Kier alpha value is -3.00.